The molecule has 2 aromatic rings. The van der Waals surface area contributed by atoms with Crippen LogP contribution in [0.2, 0.25) is 0 Å². The first-order chi connectivity index (χ1) is 11.6. The Morgan fingerprint density at radius 3 is 2.71 bits per heavy atom. The molecule has 124 valence electrons. The Bertz CT molecular complexity index is 748. The second-order valence-corrected chi connectivity index (χ2v) is 5.76. The number of carbonyl (C=O) groups is 2. The van der Waals surface area contributed by atoms with Gasteiger partial charge in [0.25, 0.3) is 5.91 Å². The summed E-state index contributed by atoms with van der Waals surface area (Å²) in [5.41, 5.74) is 1.62. The number of pyridine rings is 1. The summed E-state index contributed by atoms with van der Waals surface area (Å²) >= 11 is 0. The lowest BCUT2D eigenvalue weighted by molar-refractivity contribution is -0.132. The van der Waals surface area contributed by atoms with Gasteiger partial charge in [-0.1, -0.05) is 12.1 Å². The van der Waals surface area contributed by atoms with E-state index >= 15 is 0 Å². The highest BCUT2D eigenvalue weighted by atomic mass is 16.5. The van der Waals surface area contributed by atoms with Gasteiger partial charge in [0.15, 0.2) is 6.10 Å². The van der Waals surface area contributed by atoms with Crippen LogP contribution in [0.1, 0.15) is 12.5 Å². The summed E-state index contributed by atoms with van der Waals surface area (Å²) in [4.78, 5) is 32.0. The second-order valence-electron chi connectivity index (χ2n) is 5.76. The zero-order valence-corrected chi connectivity index (χ0v) is 13.7. The molecule has 2 amide bonds. The third-order valence-corrected chi connectivity index (χ3v) is 3.96. The number of ether oxygens (including phenoxy) is 1. The molecule has 6 nitrogen and oxygen atoms in total. The molecular weight excluding hydrogens is 306 g/mol. The quantitative estimate of drug-likeness (QED) is 0.861. The van der Waals surface area contributed by atoms with E-state index in [1.54, 1.807) is 43.4 Å². The Kier molecular flexibility index (Phi) is 4.46. The minimum absolute atomic E-state index is 0.00880. The maximum Gasteiger partial charge on any atom is 0.268 e. The molecule has 1 aromatic carbocycles. The van der Waals surface area contributed by atoms with Gasteiger partial charge in [0.05, 0.1) is 5.69 Å². The Morgan fingerprint density at radius 1 is 1.25 bits per heavy atom. The molecule has 0 aliphatic carbocycles. The van der Waals surface area contributed by atoms with Crippen molar-refractivity contribution < 1.29 is 14.3 Å². The van der Waals surface area contributed by atoms with Crippen LogP contribution < -0.4 is 9.64 Å². The molecule has 0 bridgehead atoms. The zero-order valence-electron chi connectivity index (χ0n) is 13.7. The van der Waals surface area contributed by atoms with E-state index in [9.17, 15) is 9.59 Å². The number of fused-ring (bicyclic) bond motifs is 1. The number of hydrogen-bond donors (Lipinski definition) is 0. The Hall–Kier alpha value is -2.89. The van der Waals surface area contributed by atoms with Gasteiger partial charge in [-0.15, -0.1) is 0 Å². The number of amides is 2. The average molecular weight is 325 g/mol. The van der Waals surface area contributed by atoms with Gasteiger partial charge in [-0.25, -0.2) is 0 Å². The van der Waals surface area contributed by atoms with Crippen LogP contribution in [0.5, 0.6) is 5.75 Å². The molecule has 0 spiro atoms. The van der Waals surface area contributed by atoms with Crippen molar-refractivity contribution >= 4 is 17.5 Å². The Labute approximate surface area is 140 Å². The first-order valence-corrected chi connectivity index (χ1v) is 7.76. The van der Waals surface area contributed by atoms with Crippen LogP contribution in [0.4, 0.5) is 5.69 Å². The molecule has 1 aromatic heterocycles. The van der Waals surface area contributed by atoms with Crippen LogP contribution >= 0.6 is 0 Å². The highest BCUT2D eigenvalue weighted by Gasteiger charge is 2.32. The Morgan fingerprint density at radius 2 is 1.96 bits per heavy atom. The first kappa shape index (κ1) is 16.0. The summed E-state index contributed by atoms with van der Waals surface area (Å²) in [5, 5.41) is 0. The normalized spacial score (nSPS) is 16.3. The Balaban J connectivity index is 1.74. The molecule has 1 atom stereocenters. The maximum absolute atomic E-state index is 12.6. The van der Waals surface area contributed by atoms with Crippen LogP contribution in [0.3, 0.4) is 0 Å². The summed E-state index contributed by atoms with van der Waals surface area (Å²) < 4.78 is 5.59. The van der Waals surface area contributed by atoms with Gasteiger partial charge in [-0.2, -0.15) is 0 Å². The number of rotatable bonds is 4. The van der Waals surface area contributed by atoms with Gasteiger partial charge >= 0.3 is 0 Å². The summed E-state index contributed by atoms with van der Waals surface area (Å²) in [5.74, 6) is 0.276. The molecule has 0 saturated carbocycles. The molecule has 2 heterocycles. The van der Waals surface area contributed by atoms with E-state index in [1.807, 2.05) is 24.3 Å². The van der Waals surface area contributed by atoms with E-state index in [0.717, 1.165) is 5.56 Å². The summed E-state index contributed by atoms with van der Waals surface area (Å²) in [6, 6.07) is 11.0. The van der Waals surface area contributed by atoms with Crippen LogP contribution in [0.15, 0.2) is 48.8 Å². The molecule has 0 saturated heterocycles. The largest absolute Gasteiger partial charge is 0.479 e. The van der Waals surface area contributed by atoms with E-state index in [0.29, 0.717) is 18.0 Å². The van der Waals surface area contributed by atoms with Gasteiger partial charge in [-0.05, 0) is 36.8 Å². The average Bonchev–Trinajstić information content (AvgIpc) is 2.59. The third-order valence-electron chi connectivity index (χ3n) is 3.96. The number of aromatic nitrogens is 1. The highest BCUT2D eigenvalue weighted by molar-refractivity contribution is 6.03. The van der Waals surface area contributed by atoms with Crippen molar-refractivity contribution in [2.75, 3.05) is 18.5 Å². The van der Waals surface area contributed by atoms with E-state index in [1.165, 1.54) is 4.90 Å². The molecule has 0 N–H and O–H groups in total. The van der Waals surface area contributed by atoms with Crippen molar-refractivity contribution in [1.29, 1.82) is 0 Å². The van der Waals surface area contributed by atoms with Crippen molar-refractivity contribution in [3.8, 4) is 5.75 Å². The van der Waals surface area contributed by atoms with Gasteiger partial charge in [0, 0.05) is 26.0 Å². The topological polar surface area (TPSA) is 62.7 Å². The van der Waals surface area contributed by atoms with Crippen molar-refractivity contribution in [1.82, 2.24) is 9.88 Å². The molecule has 0 fully saturated rings. The molecule has 3 rings (SSSR count). The SMILES string of the molecule is CC1Oc2ccccc2N(CC(=O)N(C)Cc2ccncc2)C1=O. The van der Waals surface area contributed by atoms with Crippen LogP contribution in [0, 0.1) is 0 Å². The lowest BCUT2D eigenvalue weighted by Crippen LogP contribution is -2.48. The number of carbonyl (C=O) groups excluding carboxylic acids is 2. The van der Waals surface area contributed by atoms with Crippen molar-refractivity contribution in [3.05, 3.63) is 54.4 Å². The molecule has 1 unspecified atom stereocenters. The fourth-order valence-corrected chi connectivity index (χ4v) is 2.63. The molecule has 24 heavy (non-hydrogen) atoms. The summed E-state index contributed by atoms with van der Waals surface area (Å²) in [6.07, 6.45) is 2.78. The fourth-order valence-electron chi connectivity index (χ4n) is 2.63. The van der Waals surface area contributed by atoms with E-state index < -0.39 is 6.10 Å². The number of anilines is 1. The molecule has 1 aliphatic rings. The second kappa shape index (κ2) is 6.70. The number of nitrogens with zero attached hydrogens (tertiary/aromatic N) is 3. The lowest BCUT2D eigenvalue weighted by Gasteiger charge is -2.33. The predicted molar refractivity (Wildman–Crippen MR) is 89.6 cm³/mol. The number of likely N-dealkylation sites (N-methyl/N-ethyl adjacent to an activating group) is 1. The van der Waals surface area contributed by atoms with Crippen molar-refractivity contribution in [2.45, 2.75) is 19.6 Å². The predicted octanol–water partition coefficient (Wildman–Crippen LogP) is 1.85. The third kappa shape index (κ3) is 3.22. The van der Waals surface area contributed by atoms with Crippen LogP contribution in [-0.2, 0) is 16.1 Å². The number of hydrogen-bond acceptors (Lipinski definition) is 4. The number of benzene rings is 1. The lowest BCUT2D eigenvalue weighted by atomic mass is 10.2. The zero-order chi connectivity index (χ0) is 17.1. The minimum Gasteiger partial charge on any atom is -0.479 e. The van der Waals surface area contributed by atoms with Gasteiger partial charge in [-0.3, -0.25) is 19.5 Å². The fraction of sp³-hybridized carbons (Fsp3) is 0.278. The van der Waals surface area contributed by atoms with Gasteiger partial charge in [0.1, 0.15) is 12.3 Å². The first-order valence-electron chi connectivity index (χ1n) is 7.76. The van der Waals surface area contributed by atoms with Gasteiger partial charge in [0.2, 0.25) is 5.91 Å². The molecule has 0 radical (unpaired) electrons. The van der Waals surface area contributed by atoms with E-state index in [-0.39, 0.29) is 18.4 Å². The van der Waals surface area contributed by atoms with Crippen LogP contribution in [0.25, 0.3) is 0 Å². The summed E-state index contributed by atoms with van der Waals surface area (Å²) in [7, 11) is 1.73. The molecule has 1 aliphatic heterocycles. The smallest absolute Gasteiger partial charge is 0.268 e. The van der Waals surface area contributed by atoms with E-state index in [4.69, 9.17) is 4.74 Å². The standard InChI is InChI=1S/C18H19N3O3/c1-13-18(23)21(15-5-3-4-6-16(15)24-13)12-17(22)20(2)11-14-7-9-19-10-8-14/h3-10,13H,11-12H2,1-2H3. The van der Waals surface area contributed by atoms with Gasteiger partial charge < -0.3 is 9.64 Å². The maximum atomic E-state index is 12.6. The highest BCUT2D eigenvalue weighted by Crippen LogP contribution is 2.33. The van der Waals surface area contributed by atoms with Crippen molar-refractivity contribution in [3.63, 3.8) is 0 Å². The molecule has 6 heteroatoms. The van der Waals surface area contributed by atoms with Crippen LogP contribution in [-0.4, -0.2) is 41.4 Å². The number of para-hydroxylation sites is 2. The minimum atomic E-state index is -0.599. The monoisotopic (exact) mass is 325 g/mol. The molecular formula is C18H19N3O3. The van der Waals surface area contributed by atoms with E-state index in [2.05, 4.69) is 4.98 Å². The van der Waals surface area contributed by atoms with Crippen molar-refractivity contribution in [2.24, 2.45) is 0 Å². The summed E-state index contributed by atoms with van der Waals surface area (Å²) in [6.45, 7) is 2.15.